The third kappa shape index (κ3) is 16.5. The molecule has 0 saturated heterocycles. The molecule has 0 spiro atoms. The molecule has 0 saturated carbocycles. The fourth-order valence-electron chi connectivity index (χ4n) is 5.36. The van der Waals surface area contributed by atoms with Crippen LogP contribution in [0.5, 0.6) is 5.75 Å². The summed E-state index contributed by atoms with van der Waals surface area (Å²) in [6, 6.07) is 14.8. The maximum atomic E-state index is 12.6. The van der Waals surface area contributed by atoms with Crippen molar-refractivity contribution in [2.24, 2.45) is 0 Å². The van der Waals surface area contributed by atoms with Crippen molar-refractivity contribution in [3.05, 3.63) is 59.7 Å². The van der Waals surface area contributed by atoms with Crippen molar-refractivity contribution in [1.82, 2.24) is 0 Å². The first kappa shape index (κ1) is 37.1. The molecule has 2 aromatic carbocycles. The molecule has 0 aliphatic carbocycles. The zero-order valence-electron chi connectivity index (χ0n) is 27.3. The summed E-state index contributed by atoms with van der Waals surface area (Å²) in [4.78, 5) is 0.166. The highest BCUT2D eigenvalue weighted by Gasteiger charge is 2.24. The van der Waals surface area contributed by atoms with Crippen LogP contribution in [0, 0.1) is 0 Å². The Morgan fingerprint density at radius 1 is 0.581 bits per heavy atom. The molecular weight excluding hydrogens is 552 g/mol. The number of aliphatic hydroxyl groups is 1. The Hall–Kier alpha value is -2.11. The number of ether oxygens (including phenoxy) is 1. The molecule has 242 valence electrons. The van der Waals surface area contributed by atoms with Gasteiger partial charge >= 0.3 is 0 Å². The molecule has 1 unspecified atom stereocenters. The molecule has 0 radical (unpaired) electrons. The van der Waals surface area contributed by atoms with E-state index >= 15 is 0 Å². The minimum Gasteiger partial charge on any atom is -0.494 e. The lowest BCUT2D eigenvalue weighted by molar-refractivity contribution is 0.234. The monoisotopic (exact) mass is 612 g/mol. The summed E-state index contributed by atoms with van der Waals surface area (Å²) in [5.74, 6) is 0.894. The van der Waals surface area contributed by atoms with E-state index in [1.54, 1.807) is 24.3 Å². The van der Waals surface area contributed by atoms with E-state index < -0.39 is 15.3 Å². The van der Waals surface area contributed by atoms with Crippen molar-refractivity contribution in [3.63, 3.8) is 0 Å². The summed E-state index contributed by atoms with van der Waals surface area (Å²) in [6.07, 6.45) is 28.8. The van der Waals surface area contributed by atoms with Gasteiger partial charge in [-0.2, -0.15) is 0 Å². The molecule has 1 atom stereocenters. The SMILES string of the molecule is CCCCCCCCCCCCCCCCCCOc1ccc(C=Cc2ccc(S(=O)(=O)C(O)CCCCC)cc2)cc1. The van der Waals surface area contributed by atoms with Crippen molar-refractivity contribution in [2.45, 2.75) is 153 Å². The van der Waals surface area contributed by atoms with Crippen LogP contribution < -0.4 is 4.74 Å². The molecule has 0 fully saturated rings. The maximum Gasteiger partial charge on any atom is 0.204 e. The Balaban J connectivity index is 1.54. The zero-order chi connectivity index (χ0) is 31.0. The van der Waals surface area contributed by atoms with Gasteiger partial charge in [-0.3, -0.25) is 0 Å². The van der Waals surface area contributed by atoms with Crippen LogP contribution in [-0.2, 0) is 9.84 Å². The van der Waals surface area contributed by atoms with E-state index in [0.29, 0.717) is 6.42 Å². The minimum atomic E-state index is -3.72. The number of hydrogen-bond donors (Lipinski definition) is 1. The molecule has 0 aliphatic rings. The van der Waals surface area contributed by atoms with E-state index in [4.69, 9.17) is 4.74 Å². The molecule has 2 aromatic rings. The first-order valence-corrected chi connectivity index (χ1v) is 18.9. The van der Waals surface area contributed by atoms with Gasteiger partial charge in [-0.15, -0.1) is 0 Å². The predicted octanol–water partition coefficient (Wildman–Crippen LogP) is 11.2. The molecule has 43 heavy (non-hydrogen) atoms. The number of rotatable bonds is 26. The normalized spacial score (nSPS) is 12.6. The second kappa shape index (κ2) is 23.3. The third-order valence-electron chi connectivity index (χ3n) is 8.24. The summed E-state index contributed by atoms with van der Waals surface area (Å²) < 4.78 is 31.1. The first-order chi connectivity index (χ1) is 21.0. The highest BCUT2D eigenvalue weighted by Crippen LogP contribution is 2.21. The number of sulfone groups is 1. The van der Waals surface area contributed by atoms with Gasteiger partial charge in [-0.1, -0.05) is 159 Å². The number of benzene rings is 2. The molecule has 1 N–H and O–H groups in total. The van der Waals surface area contributed by atoms with Crippen LogP contribution in [0.25, 0.3) is 12.2 Å². The average Bonchev–Trinajstić information content (AvgIpc) is 3.02. The lowest BCUT2D eigenvalue weighted by atomic mass is 10.0. The van der Waals surface area contributed by atoms with Crippen molar-refractivity contribution < 1.29 is 18.3 Å². The van der Waals surface area contributed by atoms with E-state index in [9.17, 15) is 13.5 Å². The summed E-state index contributed by atoms with van der Waals surface area (Å²) in [5.41, 5.74) is 0.617. The molecule has 4 nitrogen and oxygen atoms in total. The van der Waals surface area contributed by atoms with Gasteiger partial charge in [-0.25, -0.2) is 8.42 Å². The highest BCUT2D eigenvalue weighted by atomic mass is 32.2. The number of hydrogen-bond acceptors (Lipinski definition) is 4. The van der Waals surface area contributed by atoms with Crippen molar-refractivity contribution in [3.8, 4) is 5.75 Å². The maximum absolute atomic E-state index is 12.6. The van der Waals surface area contributed by atoms with Crippen LogP contribution in [0.15, 0.2) is 53.4 Å². The van der Waals surface area contributed by atoms with Crippen LogP contribution in [0.3, 0.4) is 0 Å². The quantitative estimate of drug-likeness (QED) is 0.0848. The van der Waals surface area contributed by atoms with E-state index in [1.165, 1.54) is 96.3 Å². The van der Waals surface area contributed by atoms with E-state index in [-0.39, 0.29) is 11.3 Å². The van der Waals surface area contributed by atoms with Crippen LogP contribution in [0.2, 0.25) is 0 Å². The molecule has 5 heteroatoms. The molecule has 0 bridgehead atoms. The Morgan fingerprint density at radius 2 is 0.977 bits per heavy atom. The van der Waals surface area contributed by atoms with Gasteiger partial charge < -0.3 is 9.84 Å². The minimum absolute atomic E-state index is 0.166. The van der Waals surface area contributed by atoms with Crippen LogP contribution in [0.1, 0.15) is 153 Å². The fourth-order valence-corrected chi connectivity index (χ4v) is 6.66. The van der Waals surface area contributed by atoms with Gasteiger partial charge in [-0.05, 0) is 54.7 Å². The largest absolute Gasteiger partial charge is 0.494 e. The van der Waals surface area contributed by atoms with E-state index in [1.807, 2.05) is 36.4 Å². The average molecular weight is 613 g/mol. The summed E-state index contributed by atoms with van der Waals surface area (Å²) >= 11 is 0. The molecule has 0 heterocycles. The Bertz CT molecular complexity index is 1070. The van der Waals surface area contributed by atoms with Crippen LogP contribution in [-0.4, -0.2) is 25.6 Å². The topological polar surface area (TPSA) is 63.6 Å². The van der Waals surface area contributed by atoms with Crippen LogP contribution >= 0.6 is 0 Å². The Morgan fingerprint density at radius 3 is 1.44 bits per heavy atom. The van der Waals surface area contributed by atoms with Gasteiger partial charge in [0.1, 0.15) is 5.75 Å². The summed E-state index contributed by atoms with van der Waals surface area (Å²) in [6.45, 7) is 5.10. The summed E-state index contributed by atoms with van der Waals surface area (Å²) in [5, 5.41) is 10.2. The van der Waals surface area contributed by atoms with E-state index in [0.717, 1.165) is 42.7 Å². The van der Waals surface area contributed by atoms with E-state index in [2.05, 4.69) is 13.8 Å². The van der Waals surface area contributed by atoms with Crippen molar-refractivity contribution in [1.29, 1.82) is 0 Å². The second-order valence-corrected chi connectivity index (χ2v) is 14.2. The molecule has 2 rings (SSSR count). The smallest absolute Gasteiger partial charge is 0.204 e. The molecule has 0 aromatic heterocycles. The Kier molecular flexibility index (Phi) is 20.1. The third-order valence-corrected chi connectivity index (χ3v) is 10.1. The van der Waals surface area contributed by atoms with Gasteiger partial charge in [0, 0.05) is 0 Å². The van der Waals surface area contributed by atoms with Gasteiger partial charge in [0.2, 0.25) is 9.84 Å². The van der Waals surface area contributed by atoms with Crippen molar-refractivity contribution in [2.75, 3.05) is 6.61 Å². The van der Waals surface area contributed by atoms with Gasteiger partial charge in [0.05, 0.1) is 11.5 Å². The predicted molar refractivity (Wildman–Crippen MR) is 184 cm³/mol. The lowest BCUT2D eigenvalue weighted by Gasteiger charge is -2.12. The van der Waals surface area contributed by atoms with Gasteiger partial charge in [0.15, 0.2) is 5.44 Å². The van der Waals surface area contributed by atoms with Gasteiger partial charge in [0.25, 0.3) is 0 Å². The number of aliphatic hydroxyl groups excluding tert-OH is 1. The standard InChI is InChI=1S/C38H60O4S/c1-3-5-7-8-9-10-11-12-13-14-15-16-17-18-19-21-33-42-36-29-25-34(26-30-36)23-24-35-27-31-37(32-28-35)43(40,41)38(39)22-20-6-4-2/h23-32,38-39H,3-22,33H2,1-2H3. The Labute approximate surface area is 264 Å². The zero-order valence-corrected chi connectivity index (χ0v) is 28.1. The fraction of sp³-hybridized carbons (Fsp3) is 0.632. The molecule has 0 aliphatic heterocycles. The summed E-state index contributed by atoms with van der Waals surface area (Å²) in [7, 11) is -3.72. The van der Waals surface area contributed by atoms with Crippen molar-refractivity contribution >= 4 is 22.0 Å². The highest BCUT2D eigenvalue weighted by molar-refractivity contribution is 7.91. The number of unbranched alkanes of at least 4 members (excludes halogenated alkanes) is 17. The second-order valence-electron chi connectivity index (χ2n) is 12.1. The molecule has 0 amide bonds. The lowest BCUT2D eigenvalue weighted by Crippen LogP contribution is -2.20. The molecular formula is C38H60O4S. The van der Waals surface area contributed by atoms with Crippen LogP contribution in [0.4, 0.5) is 0 Å². The first-order valence-electron chi connectivity index (χ1n) is 17.4.